The van der Waals surface area contributed by atoms with Crippen molar-refractivity contribution in [1.82, 2.24) is 4.90 Å². The molecule has 1 aromatic carbocycles. The molecule has 1 heterocycles. The van der Waals surface area contributed by atoms with Crippen molar-refractivity contribution in [2.75, 3.05) is 11.9 Å². The Morgan fingerprint density at radius 2 is 2.26 bits per heavy atom. The standard InChI is InChI=1S/C15H19Br2NO/c16-8-2-6-14-7-3-9-18(14)15(19)11-12-4-1-5-13(17)10-12/h1,4-5,10,14H,2-3,6-9,11H2. The number of carbonyl (C=O) groups excluding carboxylic acids is 1. The number of likely N-dealkylation sites (tertiary alicyclic amines) is 1. The number of alkyl halides is 1. The number of rotatable bonds is 5. The Kier molecular flexibility index (Phi) is 5.89. The van der Waals surface area contributed by atoms with Crippen LogP contribution < -0.4 is 0 Å². The summed E-state index contributed by atoms with van der Waals surface area (Å²) in [4.78, 5) is 14.5. The van der Waals surface area contributed by atoms with E-state index < -0.39 is 0 Å². The molecule has 1 aromatic rings. The zero-order valence-corrected chi connectivity index (χ0v) is 14.1. The maximum Gasteiger partial charge on any atom is 0.227 e. The summed E-state index contributed by atoms with van der Waals surface area (Å²) in [6, 6.07) is 8.48. The van der Waals surface area contributed by atoms with Gasteiger partial charge in [0.25, 0.3) is 0 Å². The smallest absolute Gasteiger partial charge is 0.227 e. The van der Waals surface area contributed by atoms with Crippen molar-refractivity contribution in [3.63, 3.8) is 0 Å². The topological polar surface area (TPSA) is 20.3 Å². The first-order valence-electron chi connectivity index (χ1n) is 6.80. The van der Waals surface area contributed by atoms with Crippen LogP contribution in [-0.2, 0) is 11.2 Å². The predicted molar refractivity (Wildman–Crippen MR) is 85.6 cm³/mol. The molecule has 104 valence electrons. The van der Waals surface area contributed by atoms with Crippen LogP contribution in [0.25, 0.3) is 0 Å². The van der Waals surface area contributed by atoms with Gasteiger partial charge in [0.15, 0.2) is 0 Å². The minimum atomic E-state index is 0.273. The summed E-state index contributed by atoms with van der Waals surface area (Å²) in [6.45, 7) is 0.930. The third kappa shape index (κ3) is 4.32. The number of benzene rings is 1. The molecule has 0 spiro atoms. The van der Waals surface area contributed by atoms with E-state index in [0.717, 1.165) is 47.6 Å². The van der Waals surface area contributed by atoms with Crippen molar-refractivity contribution >= 4 is 37.8 Å². The highest BCUT2D eigenvalue weighted by Crippen LogP contribution is 2.23. The van der Waals surface area contributed by atoms with E-state index in [9.17, 15) is 4.79 Å². The van der Waals surface area contributed by atoms with Crippen molar-refractivity contribution in [3.8, 4) is 0 Å². The summed E-state index contributed by atoms with van der Waals surface area (Å²) in [7, 11) is 0. The number of nitrogens with zero attached hydrogens (tertiary/aromatic N) is 1. The van der Waals surface area contributed by atoms with Crippen LogP contribution in [0.2, 0.25) is 0 Å². The van der Waals surface area contributed by atoms with Gasteiger partial charge in [0.2, 0.25) is 5.91 Å². The molecule has 0 aliphatic carbocycles. The van der Waals surface area contributed by atoms with Gasteiger partial charge in [0, 0.05) is 22.4 Å². The van der Waals surface area contributed by atoms with Crippen LogP contribution in [0.5, 0.6) is 0 Å². The summed E-state index contributed by atoms with van der Waals surface area (Å²) in [5.74, 6) is 0.273. The van der Waals surface area contributed by atoms with Gasteiger partial charge in [-0.25, -0.2) is 0 Å². The van der Waals surface area contributed by atoms with E-state index in [4.69, 9.17) is 0 Å². The minimum absolute atomic E-state index is 0.273. The highest BCUT2D eigenvalue weighted by Gasteiger charge is 2.27. The molecule has 1 amide bonds. The molecular weight excluding hydrogens is 370 g/mol. The lowest BCUT2D eigenvalue weighted by Crippen LogP contribution is -2.36. The monoisotopic (exact) mass is 387 g/mol. The first-order valence-corrected chi connectivity index (χ1v) is 8.72. The zero-order valence-electron chi connectivity index (χ0n) is 10.9. The van der Waals surface area contributed by atoms with Crippen molar-refractivity contribution in [2.24, 2.45) is 0 Å². The lowest BCUT2D eigenvalue weighted by molar-refractivity contribution is -0.131. The minimum Gasteiger partial charge on any atom is -0.339 e. The molecule has 2 rings (SSSR count). The van der Waals surface area contributed by atoms with Gasteiger partial charge in [0.1, 0.15) is 0 Å². The number of carbonyl (C=O) groups is 1. The van der Waals surface area contributed by atoms with Gasteiger partial charge in [0.05, 0.1) is 6.42 Å². The Hall–Kier alpha value is -0.350. The van der Waals surface area contributed by atoms with Gasteiger partial charge in [-0.2, -0.15) is 0 Å². The van der Waals surface area contributed by atoms with Crippen LogP contribution in [0.1, 0.15) is 31.2 Å². The molecule has 1 aliphatic rings. The van der Waals surface area contributed by atoms with Crippen LogP contribution in [0.4, 0.5) is 0 Å². The lowest BCUT2D eigenvalue weighted by Gasteiger charge is -2.24. The van der Waals surface area contributed by atoms with E-state index in [1.165, 1.54) is 0 Å². The second-order valence-corrected chi connectivity index (χ2v) is 6.73. The maximum absolute atomic E-state index is 12.4. The van der Waals surface area contributed by atoms with E-state index in [0.29, 0.717) is 12.5 Å². The van der Waals surface area contributed by atoms with Crippen molar-refractivity contribution in [1.29, 1.82) is 0 Å². The van der Waals surface area contributed by atoms with E-state index in [2.05, 4.69) is 36.8 Å². The van der Waals surface area contributed by atoms with Crippen LogP contribution in [0, 0.1) is 0 Å². The number of halogens is 2. The van der Waals surface area contributed by atoms with Gasteiger partial charge in [-0.1, -0.05) is 44.0 Å². The molecule has 1 aliphatic heterocycles. The SMILES string of the molecule is O=C(Cc1cccc(Br)c1)N1CCCC1CCCBr. The molecule has 2 nitrogen and oxygen atoms in total. The Balaban J connectivity index is 1.95. The molecule has 0 bridgehead atoms. The lowest BCUT2D eigenvalue weighted by atomic mass is 10.1. The van der Waals surface area contributed by atoms with Crippen molar-refractivity contribution in [2.45, 2.75) is 38.1 Å². The summed E-state index contributed by atoms with van der Waals surface area (Å²) in [5.41, 5.74) is 1.09. The van der Waals surface area contributed by atoms with E-state index in [1.54, 1.807) is 0 Å². The van der Waals surface area contributed by atoms with E-state index in [1.807, 2.05) is 24.3 Å². The maximum atomic E-state index is 12.4. The quantitative estimate of drug-likeness (QED) is 0.693. The average molecular weight is 389 g/mol. The summed E-state index contributed by atoms with van der Waals surface area (Å²) in [5, 5.41) is 1.02. The van der Waals surface area contributed by atoms with Crippen LogP contribution in [-0.4, -0.2) is 28.7 Å². The van der Waals surface area contributed by atoms with Gasteiger partial charge in [-0.15, -0.1) is 0 Å². The summed E-state index contributed by atoms with van der Waals surface area (Å²) >= 11 is 6.92. The molecule has 1 fully saturated rings. The fourth-order valence-electron chi connectivity index (χ4n) is 2.70. The molecule has 0 saturated carbocycles. The Bertz CT molecular complexity index is 436. The van der Waals surface area contributed by atoms with E-state index >= 15 is 0 Å². The fourth-order valence-corrected chi connectivity index (χ4v) is 3.47. The fraction of sp³-hybridized carbons (Fsp3) is 0.533. The normalized spacial score (nSPS) is 18.8. The van der Waals surface area contributed by atoms with Crippen LogP contribution in [0.3, 0.4) is 0 Å². The number of hydrogen-bond donors (Lipinski definition) is 0. The van der Waals surface area contributed by atoms with Gasteiger partial charge < -0.3 is 4.90 Å². The first-order chi connectivity index (χ1) is 9.20. The molecule has 4 heteroatoms. The Labute approximate surface area is 131 Å². The Morgan fingerprint density at radius 3 is 3.00 bits per heavy atom. The molecule has 1 saturated heterocycles. The molecule has 19 heavy (non-hydrogen) atoms. The predicted octanol–water partition coefficient (Wildman–Crippen LogP) is 4.16. The third-order valence-electron chi connectivity index (χ3n) is 3.61. The highest BCUT2D eigenvalue weighted by atomic mass is 79.9. The summed E-state index contributed by atoms with van der Waals surface area (Å²) < 4.78 is 1.04. The van der Waals surface area contributed by atoms with Gasteiger partial charge in [-0.05, 0) is 43.4 Å². The molecular formula is C15H19Br2NO. The van der Waals surface area contributed by atoms with Crippen LogP contribution in [0.15, 0.2) is 28.7 Å². The molecule has 0 radical (unpaired) electrons. The molecule has 1 unspecified atom stereocenters. The second kappa shape index (κ2) is 7.44. The zero-order chi connectivity index (χ0) is 13.7. The second-order valence-electron chi connectivity index (χ2n) is 5.02. The molecule has 0 N–H and O–H groups in total. The third-order valence-corrected chi connectivity index (χ3v) is 4.67. The van der Waals surface area contributed by atoms with Crippen molar-refractivity contribution < 1.29 is 4.79 Å². The first kappa shape index (κ1) is 15.0. The van der Waals surface area contributed by atoms with Gasteiger partial charge >= 0.3 is 0 Å². The largest absolute Gasteiger partial charge is 0.339 e. The highest BCUT2D eigenvalue weighted by molar-refractivity contribution is 9.10. The van der Waals surface area contributed by atoms with Crippen LogP contribution >= 0.6 is 31.9 Å². The number of hydrogen-bond acceptors (Lipinski definition) is 1. The molecule has 0 aromatic heterocycles. The molecule has 1 atom stereocenters. The van der Waals surface area contributed by atoms with Gasteiger partial charge in [-0.3, -0.25) is 4.79 Å². The summed E-state index contributed by atoms with van der Waals surface area (Å²) in [6.07, 6.45) is 5.10. The van der Waals surface area contributed by atoms with Crippen molar-refractivity contribution in [3.05, 3.63) is 34.3 Å². The number of amides is 1. The average Bonchev–Trinajstić information content (AvgIpc) is 2.84. The Morgan fingerprint density at radius 1 is 1.42 bits per heavy atom. The van der Waals surface area contributed by atoms with E-state index in [-0.39, 0.29) is 5.91 Å².